The van der Waals surface area contributed by atoms with Gasteiger partial charge in [-0.15, -0.1) is 0 Å². The molecule has 8 nitrogen and oxygen atoms in total. The summed E-state index contributed by atoms with van der Waals surface area (Å²) in [4.78, 5) is 23.1. The third-order valence-electron chi connectivity index (χ3n) is 12.3. The number of allylic oxidation sites excluding steroid dienone is 5. The van der Waals surface area contributed by atoms with Crippen molar-refractivity contribution >= 4 is 13.7 Å². The maximum absolute atomic E-state index is 12.8. The number of amides is 1. The Morgan fingerprint density at radius 2 is 0.859 bits per heavy atom. The Balaban J connectivity index is 4.11. The molecule has 0 aromatic heterocycles. The number of nitrogens with one attached hydrogen (secondary N) is 1. The fraction of sp³-hybridized carbons (Fsp3) is 0.873. The minimum atomic E-state index is -4.35. The van der Waals surface area contributed by atoms with E-state index in [1.165, 1.54) is 193 Å². The highest BCUT2D eigenvalue weighted by molar-refractivity contribution is 7.47. The number of phosphoric acid groups is 1. The number of aliphatic hydroxyl groups excluding tert-OH is 1. The van der Waals surface area contributed by atoms with E-state index in [9.17, 15) is 19.4 Å². The second kappa shape index (κ2) is 46.8. The number of carbonyl (C=O) groups is 1. The molecule has 64 heavy (non-hydrogen) atoms. The molecule has 0 aromatic carbocycles. The SMILES string of the molecule is CCCCCCCCCCCCCCCCCCCCCCCC/C=C/CC/C=C/CC/C=C/C(O)C(COP(=O)(O)OCC[N+](C)(C)C)NC(=O)CCCCCCCCCCCC. The summed E-state index contributed by atoms with van der Waals surface area (Å²) in [6.45, 7) is 4.78. The van der Waals surface area contributed by atoms with Gasteiger partial charge in [-0.3, -0.25) is 13.8 Å². The van der Waals surface area contributed by atoms with Crippen molar-refractivity contribution in [2.24, 2.45) is 0 Å². The van der Waals surface area contributed by atoms with Crippen LogP contribution < -0.4 is 5.32 Å². The van der Waals surface area contributed by atoms with Crippen LogP contribution in [0.4, 0.5) is 0 Å². The lowest BCUT2D eigenvalue weighted by Gasteiger charge is -2.25. The van der Waals surface area contributed by atoms with Crippen molar-refractivity contribution in [2.75, 3.05) is 40.9 Å². The van der Waals surface area contributed by atoms with Crippen LogP contribution in [0.15, 0.2) is 36.5 Å². The maximum atomic E-state index is 12.8. The highest BCUT2D eigenvalue weighted by Gasteiger charge is 2.27. The maximum Gasteiger partial charge on any atom is 0.472 e. The molecule has 0 aromatic rings. The Morgan fingerprint density at radius 3 is 1.25 bits per heavy atom. The van der Waals surface area contributed by atoms with Crippen LogP contribution in [0.25, 0.3) is 0 Å². The number of rotatable bonds is 50. The molecule has 0 fully saturated rings. The molecule has 3 N–H and O–H groups in total. The minimum Gasteiger partial charge on any atom is -0.387 e. The molecule has 9 heteroatoms. The zero-order valence-corrected chi connectivity index (χ0v) is 43.9. The third-order valence-corrected chi connectivity index (χ3v) is 13.3. The van der Waals surface area contributed by atoms with E-state index in [4.69, 9.17) is 9.05 Å². The number of unbranched alkanes of at least 4 members (excludes halogenated alkanes) is 33. The van der Waals surface area contributed by atoms with E-state index in [2.05, 4.69) is 43.5 Å². The average molecular weight is 924 g/mol. The largest absolute Gasteiger partial charge is 0.472 e. The van der Waals surface area contributed by atoms with Crippen molar-refractivity contribution < 1.29 is 32.9 Å². The highest BCUT2D eigenvalue weighted by Crippen LogP contribution is 2.43. The minimum absolute atomic E-state index is 0.0546. The van der Waals surface area contributed by atoms with Crippen molar-refractivity contribution in [2.45, 2.75) is 270 Å². The van der Waals surface area contributed by atoms with Crippen LogP contribution in [-0.2, 0) is 18.4 Å². The summed E-state index contributed by atoms with van der Waals surface area (Å²) in [6, 6.07) is -0.866. The Bertz CT molecular complexity index is 1140. The van der Waals surface area contributed by atoms with E-state index >= 15 is 0 Å². The molecule has 0 rings (SSSR count). The predicted molar refractivity (Wildman–Crippen MR) is 277 cm³/mol. The van der Waals surface area contributed by atoms with Crippen molar-refractivity contribution in [1.29, 1.82) is 0 Å². The van der Waals surface area contributed by atoms with E-state index in [0.29, 0.717) is 17.4 Å². The summed E-state index contributed by atoms with van der Waals surface area (Å²) < 4.78 is 23.6. The van der Waals surface area contributed by atoms with Gasteiger partial charge in [-0.1, -0.05) is 243 Å². The van der Waals surface area contributed by atoms with Crippen LogP contribution in [0.3, 0.4) is 0 Å². The fourth-order valence-electron chi connectivity index (χ4n) is 8.02. The molecule has 0 aliphatic carbocycles. The number of aliphatic hydroxyl groups is 1. The molecule has 0 heterocycles. The van der Waals surface area contributed by atoms with Gasteiger partial charge < -0.3 is 19.8 Å². The highest BCUT2D eigenvalue weighted by atomic mass is 31.2. The quantitative estimate of drug-likeness (QED) is 0.0243. The lowest BCUT2D eigenvalue weighted by Crippen LogP contribution is -2.45. The molecule has 0 radical (unpaired) electrons. The van der Waals surface area contributed by atoms with Crippen molar-refractivity contribution in [1.82, 2.24) is 5.32 Å². The lowest BCUT2D eigenvalue weighted by atomic mass is 10.0. The van der Waals surface area contributed by atoms with Gasteiger partial charge >= 0.3 is 7.82 Å². The molecule has 3 unspecified atom stereocenters. The fourth-order valence-corrected chi connectivity index (χ4v) is 8.75. The Morgan fingerprint density at radius 1 is 0.516 bits per heavy atom. The number of phosphoric ester groups is 1. The Hall–Kier alpha value is -1.28. The van der Waals surface area contributed by atoms with Crippen LogP contribution in [0, 0.1) is 0 Å². The first-order chi connectivity index (χ1) is 31.0. The predicted octanol–water partition coefficient (Wildman–Crippen LogP) is 16.2. The first-order valence-corrected chi connectivity index (χ1v) is 28.9. The molecule has 1 amide bonds. The number of nitrogens with zero attached hydrogens (tertiary/aromatic N) is 1. The number of quaternary nitrogens is 1. The molecule has 0 saturated carbocycles. The van der Waals surface area contributed by atoms with Gasteiger partial charge in [0.05, 0.1) is 39.9 Å². The zero-order valence-electron chi connectivity index (χ0n) is 43.0. The number of likely N-dealkylation sites (N-methyl/N-ethyl adjacent to an activating group) is 1. The summed E-state index contributed by atoms with van der Waals surface area (Å²) in [5.74, 6) is -0.192. The first-order valence-electron chi connectivity index (χ1n) is 27.4. The topological polar surface area (TPSA) is 105 Å². The third kappa shape index (κ3) is 48.6. The number of carbonyl (C=O) groups excluding carboxylic acids is 1. The molecule has 378 valence electrons. The van der Waals surface area contributed by atoms with Crippen LogP contribution in [0.1, 0.15) is 258 Å². The summed E-state index contributed by atoms with van der Waals surface area (Å²) >= 11 is 0. The average Bonchev–Trinajstić information content (AvgIpc) is 3.25. The van der Waals surface area contributed by atoms with E-state index < -0.39 is 20.0 Å². The van der Waals surface area contributed by atoms with Gasteiger partial charge in [0.2, 0.25) is 5.91 Å². The first kappa shape index (κ1) is 62.7. The zero-order chi connectivity index (χ0) is 47.1. The van der Waals surface area contributed by atoms with Gasteiger partial charge in [0.1, 0.15) is 13.2 Å². The van der Waals surface area contributed by atoms with Crippen molar-refractivity contribution in [3.63, 3.8) is 0 Å². The molecule has 0 aliphatic rings. The summed E-state index contributed by atoms with van der Waals surface area (Å²) in [5, 5.41) is 13.8. The van der Waals surface area contributed by atoms with E-state index in [0.717, 1.165) is 44.9 Å². The molecule has 0 aliphatic heterocycles. The molecular formula is C55H108N2O6P+. The molecule has 0 saturated heterocycles. The van der Waals surface area contributed by atoms with Crippen LogP contribution in [-0.4, -0.2) is 73.4 Å². The number of hydrogen-bond donors (Lipinski definition) is 3. The van der Waals surface area contributed by atoms with Crippen LogP contribution >= 0.6 is 7.82 Å². The monoisotopic (exact) mass is 924 g/mol. The normalized spacial score (nSPS) is 14.3. The van der Waals surface area contributed by atoms with Gasteiger partial charge in [0.15, 0.2) is 0 Å². The molecule has 0 bridgehead atoms. The second-order valence-electron chi connectivity index (χ2n) is 19.9. The summed E-state index contributed by atoms with van der Waals surface area (Å²) in [5.41, 5.74) is 0. The van der Waals surface area contributed by atoms with Crippen LogP contribution in [0.2, 0.25) is 0 Å². The smallest absolute Gasteiger partial charge is 0.387 e. The Kier molecular flexibility index (Phi) is 45.9. The lowest BCUT2D eigenvalue weighted by molar-refractivity contribution is -0.870. The van der Waals surface area contributed by atoms with Crippen molar-refractivity contribution in [3.05, 3.63) is 36.5 Å². The van der Waals surface area contributed by atoms with E-state index in [1.807, 2.05) is 27.2 Å². The summed E-state index contributed by atoms with van der Waals surface area (Å²) in [7, 11) is 1.55. The molecular weight excluding hydrogens is 816 g/mol. The van der Waals surface area contributed by atoms with E-state index in [-0.39, 0.29) is 19.1 Å². The van der Waals surface area contributed by atoms with Gasteiger partial charge in [-0.25, -0.2) is 4.57 Å². The van der Waals surface area contributed by atoms with Gasteiger partial charge in [-0.2, -0.15) is 0 Å². The number of hydrogen-bond acceptors (Lipinski definition) is 5. The van der Waals surface area contributed by atoms with Gasteiger partial charge in [0, 0.05) is 6.42 Å². The van der Waals surface area contributed by atoms with E-state index in [1.54, 1.807) is 6.08 Å². The standard InChI is InChI=1S/C55H107N2O6P/c1-6-8-10-12-14-16-18-19-20-21-22-23-24-25-26-27-28-29-30-31-32-33-34-35-36-37-38-39-40-42-44-46-48-54(58)53(52-63-64(60,61)62-51-50-57(3,4)5)56-55(59)49-47-45-43-41-17-15-13-11-9-7-2/h35-36,39-40,46,48,53-54,58H,6-34,37-38,41-45,47,49-52H2,1-5H3,(H-,56,59,60,61)/p+1/b36-35+,40-39+,48-46+. The second-order valence-corrected chi connectivity index (χ2v) is 21.4. The summed E-state index contributed by atoms with van der Waals surface area (Å²) in [6.07, 6.45) is 59.9. The van der Waals surface area contributed by atoms with Crippen molar-refractivity contribution in [3.8, 4) is 0 Å². The molecule has 0 spiro atoms. The van der Waals surface area contributed by atoms with Gasteiger partial charge in [0.25, 0.3) is 0 Å². The van der Waals surface area contributed by atoms with Gasteiger partial charge in [-0.05, 0) is 44.9 Å². The Labute approximate surface area is 397 Å². The van der Waals surface area contributed by atoms with Crippen LogP contribution in [0.5, 0.6) is 0 Å². The molecule has 3 atom stereocenters.